The molecular weight excluding hydrogens is 286 g/mol. The highest BCUT2D eigenvalue weighted by molar-refractivity contribution is 5.18. The molecule has 0 amide bonds. The van der Waals surface area contributed by atoms with E-state index >= 15 is 0 Å². The lowest BCUT2D eigenvalue weighted by Crippen LogP contribution is -2.28. The van der Waals surface area contributed by atoms with Crippen LogP contribution in [0.15, 0.2) is 83.5 Å². The molecule has 0 fully saturated rings. The second-order valence-electron chi connectivity index (χ2n) is 5.66. The second kappa shape index (κ2) is 7.77. The zero-order valence-electron chi connectivity index (χ0n) is 13.0. The highest BCUT2D eigenvalue weighted by Crippen LogP contribution is 2.18. The fourth-order valence-electron chi connectivity index (χ4n) is 2.67. The quantitative estimate of drug-likeness (QED) is 0.716. The number of rotatable bonds is 7. The maximum absolute atomic E-state index is 10.5. The van der Waals surface area contributed by atoms with E-state index in [1.54, 1.807) is 6.26 Å². The minimum absolute atomic E-state index is 0.519. The van der Waals surface area contributed by atoms with E-state index in [9.17, 15) is 5.11 Å². The van der Waals surface area contributed by atoms with Crippen LogP contribution in [0.1, 0.15) is 23.0 Å². The molecule has 3 heteroatoms. The fourth-order valence-corrected chi connectivity index (χ4v) is 2.67. The van der Waals surface area contributed by atoms with Crippen LogP contribution >= 0.6 is 0 Å². The SMILES string of the molecule is OC(CN(Cc1ccccc1)Cc1ccco1)c1ccccc1. The maximum Gasteiger partial charge on any atom is 0.117 e. The number of nitrogens with zero attached hydrogens (tertiary/aromatic N) is 1. The number of furan rings is 1. The molecule has 1 N–H and O–H groups in total. The number of aliphatic hydroxyl groups is 1. The largest absolute Gasteiger partial charge is 0.468 e. The summed E-state index contributed by atoms with van der Waals surface area (Å²) in [5.74, 6) is 0.904. The van der Waals surface area contributed by atoms with Gasteiger partial charge in [0, 0.05) is 13.1 Å². The molecule has 1 atom stereocenters. The highest BCUT2D eigenvalue weighted by atomic mass is 16.3. The Kier molecular flexibility index (Phi) is 5.25. The minimum atomic E-state index is -0.519. The van der Waals surface area contributed by atoms with Gasteiger partial charge < -0.3 is 9.52 Å². The summed E-state index contributed by atoms with van der Waals surface area (Å²) in [6, 6.07) is 23.9. The number of hydrogen-bond donors (Lipinski definition) is 1. The lowest BCUT2D eigenvalue weighted by molar-refractivity contribution is 0.100. The average Bonchev–Trinajstić information content (AvgIpc) is 3.09. The molecule has 23 heavy (non-hydrogen) atoms. The Morgan fingerprint density at radius 3 is 2.17 bits per heavy atom. The van der Waals surface area contributed by atoms with Crippen molar-refractivity contribution in [2.24, 2.45) is 0 Å². The van der Waals surface area contributed by atoms with E-state index in [0.29, 0.717) is 13.1 Å². The summed E-state index contributed by atoms with van der Waals surface area (Å²) in [4.78, 5) is 2.20. The molecule has 1 heterocycles. The first-order chi connectivity index (χ1) is 11.3. The summed E-state index contributed by atoms with van der Waals surface area (Å²) in [5, 5.41) is 10.5. The van der Waals surface area contributed by atoms with Crippen LogP contribution in [0.4, 0.5) is 0 Å². The third-order valence-corrected chi connectivity index (χ3v) is 3.82. The first kappa shape index (κ1) is 15.5. The molecule has 3 rings (SSSR count). The van der Waals surface area contributed by atoms with Gasteiger partial charge in [-0.2, -0.15) is 0 Å². The van der Waals surface area contributed by atoms with E-state index in [1.807, 2.05) is 60.7 Å². The van der Waals surface area contributed by atoms with Crippen molar-refractivity contribution in [3.63, 3.8) is 0 Å². The smallest absolute Gasteiger partial charge is 0.117 e. The molecule has 0 aliphatic carbocycles. The lowest BCUT2D eigenvalue weighted by atomic mass is 10.1. The Morgan fingerprint density at radius 1 is 0.826 bits per heavy atom. The van der Waals surface area contributed by atoms with Crippen molar-refractivity contribution >= 4 is 0 Å². The Bertz CT molecular complexity index is 680. The van der Waals surface area contributed by atoms with Gasteiger partial charge in [-0.3, -0.25) is 4.90 Å². The minimum Gasteiger partial charge on any atom is -0.468 e. The standard InChI is InChI=1S/C20H21NO2/c22-20(18-10-5-2-6-11-18)16-21(15-19-12-7-13-23-19)14-17-8-3-1-4-9-17/h1-13,20,22H,14-16H2. The molecule has 0 aliphatic heterocycles. The second-order valence-corrected chi connectivity index (χ2v) is 5.66. The van der Waals surface area contributed by atoms with E-state index < -0.39 is 6.10 Å². The van der Waals surface area contributed by atoms with E-state index in [1.165, 1.54) is 5.56 Å². The van der Waals surface area contributed by atoms with E-state index in [4.69, 9.17) is 4.42 Å². The highest BCUT2D eigenvalue weighted by Gasteiger charge is 2.15. The summed E-state index contributed by atoms with van der Waals surface area (Å²) < 4.78 is 5.47. The first-order valence-electron chi connectivity index (χ1n) is 7.83. The van der Waals surface area contributed by atoms with Crippen molar-refractivity contribution in [2.75, 3.05) is 6.54 Å². The number of aliphatic hydroxyl groups excluding tert-OH is 1. The molecule has 1 unspecified atom stereocenters. The van der Waals surface area contributed by atoms with Gasteiger partial charge in [0.25, 0.3) is 0 Å². The van der Waals surface area contributed by atoms with E-state index in [-0.39, 0.29) is 0 Å². The topological polar surface area (TPSA) is 36.6 Å². The van der Waals surface area contributed by atoms with E-state index in [0.717, 1.165) is 17.9 Å². The normalized spacial score (nSPS) is 12.4. The molecule has 3 nitrogen and oxygen atoms in total. The Balaban J connectivity index is 1.71. The van der Waals surface area contributed by atoms with Gasteiger partial charge in [0.1, 0.15) is 5.76 Å². The molecule has 118 valence electrons. The Labute approximate surface area is 136 Å². The van der Waals surface area contributed by atoms with Crippen LogP contribution in [0.2, 0.25) is 0 Å². The predicted octanol–water partition coefficient (Wildman–Crippen LogP) is 4.02. The van der Waals surface area contributed by atoms with Gasteiger partial charge in [0.2, 0.25) is 0 Å². The molecular formula is C20H21NO2. The van der Waals surface area contributed by atoms with E-state index in [2.05, 4.69) is 17.0 Å². The molecule has 0 saturated heterocycles. The van der Waals surface area contributed by atoms with Gasteiger partial charge >= 0.3 is 0 Å². The molecule has 0 saturated carbocycles. The molecule has 2 aromatic carbocycles. The molecule has 0 spiro atoms. The number of hydrogen-bond acceptors (Lipinski definition) is 3. The van der Waals surface area contributed by atoms with Gasteiger partial charge in [0.05, 0.1) is 18.9 Å². The van der Waals surface area contributed by atoms with Crippen LogP contribution < -0.4 is 0 Å². The number of benzene rings is 2. The molecule has 0 aliphatic rings. The van der Waals surface area contributed by atoms with Crippen LogP contribution in [0.3, 0.4) is 0 Å². The van der Waals surface area contributed by atoms with Gasteiger partial charge in [0.15, 0.2) is 0 Å². The Hall–Kier alpha value is -2.36. The molecule has 3 aromatic rings. The lowest BCUT2D eigenvalue weighted by Gasteiger charge is -2.24. The summed E-state index contributed by atoms with van der Waals surface area (Å²) in [6.07, 6.45) is 1.17. The van der Waals surface area contributed by atoms with Crippen molar-refractivity contribution in [3.05, 3.63) is 95.9 Å². The van der Waals surface area contributed by atoms with Crippen molar-refractivity contribution in [1.82, 2.24) is 4.90 Å². The van der Waals surface area contributed by atoms with Crippen molar-refractivity contribution in [1.29, 1.82) is 0 Å². The first-order valence-corrected chi connectivity index (χ1v) is 7.83. The van der Waals surface area contributed by atoms with Crippen molar-refractivity contribution in [3.8, 4) is 0 Å². The maximum atomic E-state index is 10.5. The van der Waals surface area contributed by atoms with Crippen LogP contribution in [0.5, 0.6) is 0 Å². The summed E-state index contributed by atoms with van der Waals surface area (Å²) in [6.45, 7) is 2.00. The molecule has 1 aromatic heterocycles. The van der Waals surface area contributed by atoms with Crippen LogP contribution in [0, 0.1) is 0 Å². The van der Waals surface area contributed by atoms with Gasteiger partial charge in [-0.15, -0.1) is 0 Å². The fraction of sp³-hybridized carbons (Fsp3) is 0.200. The van der Waals surface area contributed by atoms with Gasteiger partial charge in [-0.05, 0) is 23.3 Å². The molecule has 0 bridgehead atoms. The summed E-state index contributed by atoms with van der Waals surface area (Å²) >= 11 is 0. The third kappa shape index (κ3) is 4.55. The third-order valence-electron chi connectivity index (χ3n) is 3.82. The van der Waals surface area contributed by atoms with Gasteiger partial charge in [-0.25, -0.2) is 0 Å². The van der Waals surface area contributed by atoms with Gasteiger partial charge in [-0.1, -0.05) is 60.7 Å². The predicted molar refractivity (Wildman–Crippen MR) is 90.7 cm³/mol. The van der Waals surface area contributed by atoms with Crippen LogP contribution in [-0.2, 0) is 13.1 Å². The zero-order chi connectivity index (χ0) is 15.9. The molecule has 0 radical (unpaired) electrons. The Morgan fingerprint density at radius 2 is 1.52 bits per heavy atom. The zero-order valence-corrected chi connectivity index (χ0v) is 13.0. The monoisotopic (exact) mass is 307 g/mol. The van der Waals surface area contributed by atoms with Crippen LogP contribution in [0.25, 0.3) is 0 Å². The summed E-state index contributed by atoms with van der Waals surface area (Å²) in [5.41, 5.74) is 2.16. The summed E-state index contributed by atoms with van der Waals surface area (Å²) in [7, 11) is 0. The van der Waals surface area contributed by atoms with Crippen molar-refractivity contribution < 1.29 is 9.52 Å². The van der Waals surface area contributed by atoms with Crippen molar-refractivity contribution in [2.45, 2.75) is 19.2 Å². The average molecular weight is 307 g/mol. The van der Waals surface area contributed by atoms with Crippen LogP contribution in [-0.4, -0.2) is 16.6 Å².